The molecule has 3 rings (SSSR count). The highest BCUT2D eigenvalue weighted by molar-refractivity contribution is 7.08. The number of amides is 1. The third-order valence-corrected chi connectivity index (χ3v) is 5.47. The smallest absolute Gasteiger partial charge is 0.308 e. The molecule has 0 saturated heterocycles. The first-order valence-electron chi connectivity index (χ1n) is 9.62. The van der Waals surface area contributed by atoms with Crippen LogP contribution < -0.4 is 5.32 Å². The molecule has 2 aromatic heterocycles. The van der Waals surface area contributed by atoms with E-state index in [1.807, 2.05) is 61.1 Å². The number of aryl methyl sites for hydroxylation is 2. The number of hydrogen-bond donors (Lipinski definition) is 1. The van der Waals surface area contributed by atoms with Gasteiger partial charge in [-0.25, -0.2) is 0 Å². The molecule has 0 atom stereocenters. The second-order valence-electron chi connectivity index (χ2n) is 7.06. The summed E-state index contributed by atoms with van der Waals surface area (Å²) < 4.78 is 7.12. The Balaban J connectivity index is 1.53. The molecule has 7 heteroatoms. The van der Waals surface area contributed by atoms with Gasteiger partial charge >= 0.3 is 5.97 Å². The highest BCUT2D eigenvalue weighted by Crippen LogP contribution is 2.21. The number of ether oxygens (including phenoxy) is 1. The Kier molecular flexibility index (Phi) is 6.84. The quantitative estimate of drug-likeness (QED) is 0.438. The fraction of sp³-hybridized carbons (Fsp3) is 0.261. The van der Waals surface area contributed by atoms with Crippen molar-refractivity contribution in [2.75, 3.05) is 13.2 Å². The van der Waals surface area contributed by atoms with Crippen molar-refractivity contribution in [3.63, 3.8) is 0 Å². The number of nitrogens with zero attached hydrogens (tertiary/aromatic N) is 1. The third-order valence-electron chi connectivity index (χ3n) is 4.79. The predicted octanol–water partition coefficient (Wildman–Crippen LogP) is 4.01. The summed E-state index contributed by atoms with van der Waals surface area (Å²) in [5.74, 6) is -1.01. The number of aromatic nitrogens is 1. The van der Waals surface area contributed by atoms with Crippen LogP contribution in [0.15, 0.2) is 47.2 Å². The molecule has 0 unspecified atom stereocenters. The first-order chi connectivity index (χ1) is 14.4. The number of carbonyl (C=O) groups is 3. The number of benzene rings is 1. The van der Waals surface area contributed by atoms with Crippen molar-refractivity contribution in [3.05, 3.63) is 75.2 Å². The van der Waals surface area contributed by atoms with E-state index in [2.05, 4.69) is 5.32 Å². The van der Waals surface area contributed by atoms with Gasteiger partial charge in [0.2, 0.25) is 5.78 Å². The van der Waals surface area contributed by atoms with Gasteiger partial charge in [0.1, 0.15) is 0 Å². The zero-order valence-corrected chi connectivity index (χ0v) is 18.0. The lowest BCUT2D eigenvalue weighted by atomic mass is 10.1. The third kappa shape index (κ3) is 5.04. The summed E-state index contributed by atoms with van der Waals surface area (Å²) in [6.45, 7) is 5.67. The average Bonchev–Trinajstić information content (AvgIpc) is 3.35. The molecular formula is C23H24N2O4S. The number of hydrogen-bond acceptors (Lipinski definition) is 5. The van der Waals surface area contributed by atoms with Crippen molar-refractivity contribution in [1.82, 2.24) is 9.88 Å². The molecule has 1 aromatic carbocycles. The van der Waals surface area contributed by atoms with Crippen LogP contribution in [0.1, 0.15) is 44.1 Å². The Morgan fingerprint density at radius 2 is 1.80 bits per heavy atom. The molecule has 156 valence electrons. The van der Waals surface area contributed by atoms with E-state index in [1.165, 1.54) is 11.3 Å². The van der Waals surface area contributed by atoms with Crippen LogP contribution in [0.3, 0.4) is 0 Å². The monoisotopic (exact) mass is 424 g/mol. The minimum Gasteiger partial charge on any atom is -0.457 e. The molecule has 0 saturated carbocycles. The largest absolute Gasteiger partial charge is 0.457 e. The number of esters is 1. The van der Waals surface area contributed by atoms with Crippen molar-refractivity contribution in [1.29, 1.82) is 0 Å². The van der Waals surface area contributed by atoms with Crippen LogP contribution in [-0.4, -0.2) is 35.4 Å². The molecule has 0 radical (unpaired) electrons. The van der Waals surface area contributed by atoms with Gasteiger partial charge in [-0.2, -0.15) is 11.3 Å². The summed E-state index contributed by atoms with van der Waals surface area (Å²) in [6.07, 6.45) is 0.00550. The molecule has 0 spiro atoms. The minimum absolute atomic E-state index is 0.00550. The molecule has 30 heavy (non-hydrogen) atoms. The molecule has 1 amide bonds. The SMILES string of the molecule is Cc1ccc(-n2c(C)cc(C(=O)COC(=O)CCNC(=O)c3ccsc3)c2C)cc1. The predicted molar refractivity (Wildman–Crippen MR) is 117 cm³/mol. The van der Waals surface area contributed by atoms with Gasteiger partial charge in [-0.3, -0.25) is 14.4 Å². The zero-order chi connectivity index (χ0) is 21.7. The maximum Gasteiger partial charge on any atom is 0.308 e. The Bertz CT molecular complexity index is 1050. The van der Waals surface area contributed by atoms with Crippen molar-refractivity contribution >= 4 is 29.0 Å². The maximum absolute atomic E-state index is 12.6. The van der Waals surface area contributed by atoms with E-state index in [0.29, 0.717) is 11.1 Å². The fourth-order valence-electron chi connectivity index (χ4n) is 3.21. The highest BCUT2D eigenvalue weighted by atomic mass is 32.1. The number of nitrogens with one attached hydrogen (secondary N) is 1. The van der Waals surface area contributed by atoms with Crippen LogP contribution in [0.2, 0.25) is 0 Å². The molecule has 1 N–H and O–H groups in total. The number of Topliss-reactive ketones (excluding diaryl/α,β-unsaturated/α-hetero) is 1. The first-order valence-corrected chi connectivity index (χ1v) is 10.6. The summed E-state index contributed by atoms with van der Waals surface area (Å²) in [7, 11) is 0. The van der Waals surface area contributed by atoms with E-state index < -0.39 is 5.97 Å². The second kappa shape index (κ2) is 9.54. The van der Waals surface area contributed by atoms with Gasteiger partial charge in [-0.1, -0.05) is 17.7 Å². The van der Waals surface area contributed by atoms with E-state index in [4.69, 9.17) is 4.74 Å². The molecule has 0 aliphatic rings. The van der Waals surface area contributed by atoms with E-state index in [0.717, 1.165) is 22.6 Å². The van der Waals surface area contributed by atoms with Gasteiger partial charge < -0.3 is 14.6 Å². The van der Waals surface area contributed by atoms with Gasteiger partial charge in [0.25, 0.3) is 5.91 Å². The van der Waals surface area contributed by atoms with E-state index in [1.54, 1.807) is 11.4 Å². The van der Waals surface area contributed by atoms with Crippen LogP contribution in [0, 0.1) is 20.8 Å². The minimum atomic E-state index is -0.527. The summed E-state index contributed by atoms with van der Waals surface area (Å²) >= 11 is 1.43. The first kappa shape index (κ1) is 21.5. The Morgan fingerprint density at radius 3 is 2.47 bits per heavy atom. The van der Waals surface area contributed by atoms with Crippen molar-refractivity contribution in [3.8, 4) is 5.69 Å². The van der Waals surface area contributed by atoms with Crippen molar-refractivity contribution < 1.29 is 19.1 Å². The Morgan fingerprint density at radius 1 is 1.07 bits per heavy atom. The summed E-state index contributed by atoms with van der Waals surface area (Å²) in [5, 5.41) is 6.20. The lowest BCUT2D eigenvalue weighted by Gasteiger charge is -2.10. The van der Waals surface area contributed by atoms with E-state index >= 15 is 0 Å². The van der Waals surface area contributed by atoms with Gasteiger partial charge in [0.05, 0.1) is 6.42 Å². The lowest BCUT2D eigenvalue weighted by Crippen LogP contribution is -2.26. The summed E-state index contributed by atoms with van der Waals surface area (Å²) in [6, 6.07) is 11.6. The molecule has 3 aromatic rings. The fourth-order valence-corrected chi connectivity index (χ4v) is 3.84. The van der Waals surface area contributed by atoms with Crippen LogP contribution in [-0.2, 0) is 9.53 Å². The maximum atomic E-state index is 12.6. The zero-order valence-electron chi connectivity index (χ0n) is 17.2. The number of carbonyl (C=O) groups excluding carboxylic acids is 3. The van der Waals surface area contributed by atoms with E-state index in [9.17, 15) is 14.4 Å². The van der Waals surface area contributed by atoms with Crippen LogP contribution in [0.5, 0.6) is 0 Å². The lowest BCUT2D eigenvalue weighted by molar-refractivity contribution is -0.142. The standard InChI is InChI=1S/C23H24N2O4S/c1-15-4-6-19(7-5-15)25-16(2)12-20(17(25)3)21(26)13-29-22(27)8-10-24-23(28)18-9-11-30-14-18/h4-7,9,11-12,14H,8,10,13H2,1-3H3,(H,24,28). The molecule has 2 heterocycles. The van der Waals surface area contributed by atoms with Gasteiger partial charge in [0.15, 0.2) is 6.61 Å². The van der Waals surface area contributed by atoms with Crippen LogP contribution >= 0.6 is 11.3 Å². The molecule has 0 bridgehead atoms. The number of thiophene rings is 1. The molecule has 6 nitrogen and oxygen atoms in total. The van der Waals surface area contributed by atoms with Crippen LogP contribution in [0.4, 0.5) is 0 Å². The highest BCUT2D eigenvalue weighted by Gasteiger charge is 2.18. The summed E-state index contributed by atoms with van der Waals surface area (Å²) in [5.41, 5.74) is 4.98. The molecule has 0 fully saturated rings. The number of ketones is 1. The molecule has 0 aliphatic carbocycles. The van der Waals surface area contributed by atoms with Gasteiger partial charge in [-0.05, 0) is 50.4 Å². The Hall–Kier alpha value is -3.19. The Labute approximate surface area is 179 Å². The number of rotatable bonds is 8. The van der Waals surface area contributed by atoms with Gasteiger partial charge in [0, 0.05) is 40.1 Å². The van der Waals surface area contributed by atoms with Crippen LogP contribution in [0.25, 0.3) is 5.69 Å². The van der Waals surface area contributed by atoms with Crippen molar-refractivity contribution in [2.24, 2.45) is 0 Å². The van der Waals surface area contributed by atoms with Crippen molar-refractivity contribution in [2.45, 2.75) is 27.2 Å². The average molecular weight is 425 g/mol. The van der Waals surface area contributed by atoms with Gasteiger partial charge in [-0.15, -0.1) is 0 Å². The topological polar surface area (TPSA) is 77.4 Å². The normalized spacial score (nSPS) is 10.6. The molecule has 0 aliphatic heterocycles. The summed E-state index contributed by atoms with van der Waals surface area (Å²) in [4.78, 5) is 36.4. The second-order valence-corrected chi connectivity index (χ2v) is 7.84. The molecular weight excluding hydrogens is 400 g/mol. The van der Waals surface area contributed by atoms with E-state index in [-0.39, 0.29) is 31.3 Å².